The monoisotopic (exact) mass is 464 g/mol. The maximum atomic E-state index is 13.0. The van der Waals surface area contributed by atoms with Crippen LogP contribution in [0.15, 0.2) is 79.0 Å². The quantitative estimate of drug-likeness (QED) is 0.301. The van der Waals surface area contributed by atoms with E-state index >= 15 is 0 Å². The normalized spacial score (nSPS) is 11.3. The second-order valence-electron chi connectivity index (χ2n) is 8.52. The smallest absolute Gasteiger partial charge is 0.253 e. The van der Waals surface area contributed by atoms with E-state index in [-0.39, 0.29) is 5.91 Å². The van der Waals surface area contributed by atoms with Crippen LogP contribution in [0.2, 0.25) is 0 Å². The molecule has 0 fully saturated rings. The van der Waals surface area contributed by atoms with Crippen molar-refractivity contribution in [3.05, 3.63) is 84.6 Å². The molecule has 2 heterocycles. The number of H-pyrrole nitrogens is 1. The van der Waals surface area contributed by atoms with E-state index in [0.29, 0.717) is 30.9 Å². The summed E-state index contributed by atoms with van der Waals surface area (Å²) in [5.74, 6) is 0.0000590. The molecule has 6 heteroatoms. The van der Waals surface area contributed by atoms with Crippen LogP contribution in [0.5, 0.6) is 0 Å². The van der Waals surface area contributed by atoms with Gasteiger partial charge in [-0.1, -0.05) is 42.5 Å². The predicted molar refractivity (Wildman–Crippen MR) is 142 cm³/mol. The lowest BCUT2D eigenvalue weighted by Crippen LogP contribution is -2.33. The topological polar surface area (TPSA) is 84.2 Å². The molecule has 6 nitrogen and oxygen atoms in total. The fourth-order valence-electron chi connectivity index (χ4n) is 4.58. The van der Waals surface area contributed by atoms with Crippen molar-refractivity contribution >= 4 is 33.5 Å². The Morgan fingerprint density at radius 3 is 2.51 bits per heavy atom. The van der Waals surface area contributed by atoms with Gasteiger partial charge >= 0.3 is 0 Å². The van der Waals surface area contributed by atoms with Crippen LogP contribution in [0.25, 0.3) is 44.2 Å². The third-order valence-electron chi connectivity index (χ3n) is 6.38. The predicted octanol–water partition coefficient (Wildman–Crippen LogP) is 5.74. The van der Waals surface area contributed by atoms with E-state index in [1.54, 1.807) is 12.0 Å². The van der Waals surface area contributed by atoms with Crippen LogP contribution in [-0.2, 0) is 4.74 Å². The lowest BCUT2D eigenvalue weighted by molar-refractivity contribution is 0.0706. The number of nitrogens with zero attached hydrogens (tertiary/aromatic N) is 2. The van der Waals surface area contributed by atoms with E-state index in [0.717, 1.165) is 44.2 Å². The van der Waals surface area contributed by atoms with E-state index in [2.05, 4.69) is 17.1 Å². The van der Waals surface area contributed by atoms with Crippen molar-refractivity contribution in [2.75, 3.05) is 32.5 Å². The van der Waals surface area contributed by atoms with Gasteiger partial charge in [-0.25, -0.2) is 4.98 Å². The Morgan fingerprint density at radius 2 is 1.80 bits per heavy atom. The molecule has 35 heavy (non-hydrogen) atoms. The summed E-state index contributed by atoms with van der Waals surface area (Å²) < 4.78 is 5.15. The average molecular weight is 465 g/mol. The van der Waals surface area contributed by atoms with Gasteiger partial charge in [0.25, 0.3) is 5.91 Å². The van der Waals surface area contributed by atoms with Crippen molar-refractivity contribution in [2.24, 2.45) is 0 Å². The number of hydrogen-bond acceptors (Lipinski definition) is 4. The van der Waals surface area contributed by atoms with Gasteiger partial charge in [0.2, 0.25) is 0 Å². The summed E-state index contributed by atoms with van der Waals surface area (Å²) in [4.78, 5) is 23.0. The molecule has 3 aromatic carbocycles. The summed E-state index contributed by atoms with van der Waals surface area (Å²) >= 11 is 0. The highest BCUT2D eigenvalue weighted by Crippen LogP contribution is 2.40. The van der Waals surface area contributed by atoms with E-state index in [1.807, 2.05) is 73.8 Å². The molecular formula is C29H28N4O2. The summed E-state index contributed by atoms with van der Waals surface area (Å²) in [5, 5.41) is 2.07. The maximum absolute atomic E-state index is 13.0. The van der Waals surface area contributed by atoms with Crippen molar-refractivity contribution < 1.29 is 9.53 Å². The number of likely N-dealkylation sites (N-methyl/N-ethyl adjacent to an activating group) is 1. The third-order valence-corrected chi connectivity index (χ3v) is 6.38. The number of carbonyl (C=O) groups is 1. The molecule has 0 bridgehead atoms. The Labute approximate surface area is 204 Å². The number of amides is 1. The number of rotatable bonds is 7. The van der Waals surface area contributed by atoms with E-state index < -0.39 is 0 Å². The average Bonchev–Trinajstić information content (AvgIpc) is 3.27. The SMILES string of the molecule is CCN(CCOC)C(=O)c1ccc(-c2cnc3[nH]c4ccc(N)cc4c3c2-c2ccccc2)cc1. The van der Waals surface area contributed by atoms with Gasteiger partial charge in [-0.2, -0.15) is 0 Å². The number of nitrogen functional groups attached to an aromatic ring is 1. The van der Waals surface area contributed by atoms with Gasteiger partial charge in [0, 0.05) is 65.1 Å². The van der Waals surface area contributed by atoms with Crippen molar-refractivity contribution in [3.8, 4) is 22.3 Å². The Hall–Kier alpha value is -4.16. The van der Waals surface area contributed by atoms with E-state index in [4.69, 9.17) is 15.5 Å². The van der Waals surface area contributed by atoms with Crippen LogP contribution in [0.1, 0.15) is 17.3 Å². The number of ether oxygens (including phenoxy) is 1. The highest BCUT2D eigenvalue weighted by molar-refractivity contribution is 6.16. The number of hydrogen-bond donors (Lipinski definition) is 2. The molecular weight excluding hydrogens is 436 g/mol. The minimum atomic E-state index is 0.0000590. The van der Waals surface area contributed by atoms with Gasteiger partial charge in [0.15, 0.2) is 0 Å². The number of anilines is 1. The molecule has 176 valence electrons. The highest BCUT2D eigenvalue weighted by Gasteiger charge is 2.18. The van der Waals surface area contributed by atoms with Crippen molar-refractivity contribution in [1.29, 1.82) is 0 Å². The second-order valence-corrected chi connectivity index (χ2v) is 8.52. The minimum Gasteiger partial charge on any atom is -0.399 e. The zero-order valence-corrected chi connectivity index (χ0v) is 19.9. The minimum absolute atomic E-state index is 0.0000590. The van der Waals surface area contributed by atoms with Crippen LogP contribution in [0.3, 0.4) is 0 Å². The Balaban J connectivity index is 1.65. The molecule has 0 spiro atoms. The van der Waals surface area contributed by atoms with Crippen molar-refractivity contribution in [3.63, 3.8) is 0 Å². The number of aromatic amines is 1. The maximum Gasteiger partial charge on any atom is 0.253 e. The molecule has 2 aromatic heterocycles. The van der Waals surface area contributed by atoms with E-state index in [9.17, 15) is 4.79 Å². The molecule has 0 aliphatic carbocycles. The van der Waals surface area contributed by atoms with Crippen LogP contribution in [0.4, 0.5) is 5.69 Å². The molecule has 0 unspecified atom stereocenters. The number of methoxy groups -OCH3 is 1. The lowest BCUT2D eigenvalue weighted by Gasteiger charge is -2.20. The van der Waals surface area contributed by atoms with Gasteiger partial charge in [0.05, 0.1) is 6.61 Å². The molecule has 0 aliphatic rings. The standard InChI is InChI=1S/C29H28N4O2/c1-3-33(15-16-35-2)29(34)21-11-9-19(10-12-21)24-18-31-28-27(26(24)20-7-5-4-6-8-20)23-17-22(30)13-14-25(23)32-28/h4-14,17-18H,3,15-16,30H2,1-2H3,(H,31,32). The Bertz CT molecular complexity index is 1490. The molecule has 1 amide bonds. The highest BCUT2D eigenvalue weighted by atomic mass is 16.5. The molecule has 0 saturated carbocycles. The van der Waals surface area contributed by atoms with E-state index in [1.165, 1.54) is 0 Å². The summed E-state index contributed by atoms with van der Waals surface area (Å²) in [7, 11) is 1.64. The number of nitrogens with one attached hydrogen (secondary N) is 1. The first-order chi connectivity index (χ1) is 17.1. The zero-order valence-electron chi connectivity index (χ0n) is 19.9. The second kappa shape index (κ2) is 9.60. The van der Waals surface area contributed by atoms with Crippen LogP contribution >= 0.6 is 0 Å². The molecule has 0 saturated heterocycles. The first-order valence-electron chi connectivity index (χ1n) is 11.7. The Morgan fingerprint density at radius 1 is 1.03 bits per heavy atom. The number of aromatic nitrogens is 2. The fraction of sp³-hybridized carbons (Fsp3) is 0.172. The number of carbonyl (C=O) groups excluding carboxylic acids is 1. The van der Waals surface area contributed by atoms with Crippen LogP contribution in [0, 0.1) is 0 Å². The third kappa shape index (κ3) is 4.24. The van der Waals surface area contributed by atoms with Gasteiger partial charge in [-0.15, -0.1) is 0 Å². The first kappa shape index (κ1) is 22.6. The van der Waals surface area contributed by atoms with Crippen molar-refractivity contribution in [2.45, 2.75) is 6.92 Å². The largest absolute Gasteiger partial charge is 0.399 e. The Kier molecular flexibility index (Phi) is 6.21. The molecule has 3 N–H and O–H groups in total. The van der Waals surface area contributed by atoms with Gasteiger partial charge < -0.3 is 20.4 Å². The fourth-order valence-corrected chi connectivity index (χ4v) is 4.58. The molecule has 0 atom stereocenters. The first-order valence-corrected chi connectivity index (χ1v) is 11.7. The molecule has 0 radical (unpaired) electrons. The van der Waals surface area contributed by atoms with Gasteiger partial charge in [-0.3, -0.25) is 4.79 Å². The summed E-state index contributed by atoms with van der Waals surface area (Å²) in [6.07, 6.45) is 1.90. The zero-order chi connectivity index (χ0) is 24.4. The van der Waals surface area contributed by atoms with Crippen molar-refractivity contribution in [1.82, 2.24) is 14.9 Å². The number of benzene rings is 3. The van der Waals surface area contributed by atoms with Crippen LogP contribution < -0.4 is 5.73 Å². The summed E-state index contributed by atoms with van der Waals surface area (Å²) in [5.41, 5.74) is 13.5. The molecule has 0 aliphatic heterocycles. The van der Waals surface area contributed by atoms with Gasteiger partial charge in [0.1, 0.15) is 5.65 Å². The summed E-state index contributed by atoms with van der Waals surface area (Å²) in [6, 6.07) is 23.9. The lowest BCUT2D eigenvalue weighted by atomic mass is 9.92. The number of pyridine rings is 1. The number of fused-ring (bicyclic) bond motifs is 3. The summed E-state index contributed by atoms with van der Waals surface area (Å²) in [6.45, 7) is 3.68. The van der Waals surface area contributed by atoms with Gasteiger partial charge in [-0.05, 0) is 48.4 Å². The molecule has 5 rings (SSSR count). The number of nitrogens with two attached hydrogens (primary N) is 1. The molecule has 5 aromatic rings. The van der Waals surface area contributed by atoms with Crippen LogP contribution in [-0.4, -0.2) is 47.6 Å².